The Morgan fingerprint density at radius 3 is 2.40 bits per heavy atom. The van der Waals surface area contributed by atoms with Crippen LogP contribution >= 0.6 is 11.3 Å². The molecule has 0 radical (unpaired) electrons. The zero-order valence-corrected chi connectivity index (χ0v) is 13.0. The average molecular weight is 298 g/mol. The van der Waals surface area contributed by atoms with Gasteiger partial charge >= 0.3 is 0 Å². The molecule has 20 heavy (non-hydrogen) atoms. The number of carbonyl (C=O) groups excluding carboxylic acids is 2. The Bertz CT molecular complexity index is 458. The molecule has 0 saturated carbocycles. The smallest absolute Gasteiger partial charge is 0.261 e. The van der Waals surface area contributed by atoms with E-state index in [1.807, 2.05) is 26.8 Å². The van der Waals surface area contributed by atoms with E-state index in [-0.39, 0.29) is 25.0 Å². The molecular weight excluding hydrogens is 276 g/mol. The summed E-state index contributed by atoms with van der Waals surface area (Å²) < 4.78 is 0. The third-order valence-corrected chi connectivity index (χ3v) is 4.43. The van der Waals surface area contributed by atoms with Gasteiger partial charge in [-0.1, -0.05) is 13.8 Å². The van der Waals surface area contributed by atoms with Crippen molar-refractivity contribution in [3.63, 3.8) is 0 Å². The Kier molecular flexibility index (Phi) is 6.16. The Balaban J connectivity index is 2.49. The average Bonchev–Trinajstić information content (AvgIpc) is 2.89. The highest BCUT2D eigenvalue weighted by Crippen LogP contribution is 2.15. The Hall–Kier alpha value is -1.40. The number of amides is 2. The minimum atomic E-state index is -0.596. The van der Waals surface area contributed by atoms with Gasteiger partial charge in [-0.25, -0.2) is 0 Å². The van der Waals surface area contributed by atoms with Crippen LogP contribution in [0.3, 0.4) is 0 Å². The molecule has 0 unspecified atom stereocenters. The maximum absolute atomic E-state index is 11.8. The van der Waals surface area contributed by atoms with Crippen LogP contribution in [0.25, 0.3) is 0 Å². The van der Waals surface area contributed by atoms with Gasteiger partial charge in [-0.3, -0.25) is 9.59 Å². The molecule has 0 aliphatic heterocycles. The van der Waals surface area contributed by atoms with Crippen molar-refractivity contribution in [1.29, 1.82) is 0 Å². The molecule has 0 atom stereocenters. The Morgan fingerprint density at radius 2 is 1.95 bits per heavy atom. The van der Waals surface area contributed by atoms with Crippen LogP contribution in [-0.2, 0) is 4.79 Å². The normalized spacial score (nSPS) is 11.2. The highest BCUT2D eigenvalue weighted by molar-refractivity contribution is 7.13. The molecule has 3 N–H and O–H groups in total. The van der Waals surface area contributed by atoms with Gasteiger partial charge in [0.1, 0.15) is 0 Å². The quantitative estimate of drug-likeness (QED) is 0.713. The number of rotatable bonds is 7. The molecule has 6 heteroatoms. The van der Waals surface area contributed by atoms with Crippen LogP contribution in [0, 0.1) is 6.92 Å². The number of thiophene rings is 1. The number of aryl methyl sites for hydroxylation is 1. The predicted octanol–water partition coefficient (Wildman–Crippen LogP) is 1.45. The van der Waals surface area contributed by atoms with E-state index in [0.717, 1.165) is 4.88 Å². The molecule has 112 valence electrons. The molecule has 1 heterocycles. The lowest BCUT2D eigenvalue weighted by atomic mass is 9.94. The van der Waals surface area contributed by atoms with E-state index in [0.29, 0.717) is 17.7 Å². The number of hydrogen-bond acceptors (Lipinski definition) is 4. The highest BCUT2D eigenvalue weighted by Gasteiger charge is 2.27. The lowest BCUT2D eigenvalue weighted by molar-refractivity contribution is -0.122. The summed E-state index contributed by atoms with van der Waals surface area (Å²) in [6.45, 7) is 5.55. The van der Waals surface area contributed by atoms with Crippen molar-refractivity contribution in [2.24, 2.45) is 0 Å². The molecule has 1 aromatic rings. The SMILES string of the molecule is CCC(CC)(CO)NC(=O)CNC(=O)c1ccc(C)s1. The summed E-state index contributed by atoms with van der Waals surface area (Å²) in [4.78, 5) is 25.3. The lowest BCUT2D eigenvalue weighted by Crippen LogP contribution is -2.53. The Morgan fingerprint density at radius 1 is 1.30 bits per heavy atom. The fraction of sp³-hybridized carbons (Fsp3) is 0.571. The Labute approximate surface area is 123 Å². The molecule has 0 fully saturated rings. The molecule has 0 spiro atoms. The first-order valence-corrected chi connectivity index (χ1v) is 7.54. The van der Waals surface area contributed by atoms with E-state index < -0.39 is 5.54 Å². The van der Waals surface area contributed by atoms with Gasteiger partial charge in [-0.15, -0.1) is 11.3 Å². The van der Waals surface area contributed by atoms with Crippen LogP contribution in [0.1, 0.15) is 41.2 Å². The summed E-state index contributed by atoms with van der Waals surface area (Å²) in [6.07, 6.45) is 1.29. The molecule has 0 bridgehead atoms. The van der Waals surface area contributed by atoms with Crippen molar-refractivity contribution in [2.75, 3.05) is 13.2 Å². The van der Waals surface area contributed by atoms with Gasteiger partial charge in [0.15, 0.2) is 0 Å². The molecule has 5 nitrogen and oxygen atoms in total. The van der Waals surface area contributed by atoms with Crippen LogP contribution in [0.2, 0.25) is 0 Å². The molecule has 0 saturated heterocycles. The number of carbonyl (C=O) groups is 2. The van der Waals surface area contributed by atoms with Crippen LogP contribution in [0.4, 0.5) is 0 Å². The van der Waals surface area contributed by atoms with Crippen molar-refractivity contribution < 1.29 is 14.7 Å². The lowest BCUT2D eigenvalue weighted by Gasteiger charge is -2.30. The summed E-state index contributed by atoms with van der Waals surface area (Å²) in [6, 6.07) is 3.61. The standard InChI is InChI=1S/C14H22N2O3S/c1-4-14(5-2,9-17)16-12(18)8-15-13(19)11-7-6-10(3)20-11/h6-7,17H,4-5,8-9H2,1-3H3,(H,15,19)(H,16,18). The van der Waals surface area contributed by atoms with Gasteiger partial charge in [0, 0.05) is 4.88 Å². The maximum atomic E-state index is 11.8. The highest BCUT2D eigenvalue weighted by atomic mass is 32.1. The fourth-order valence-corrected chi connectivity index (χ4v) is 2.62. The monoisotopic (exact) mass is 298 g/mol. The summed E-state index contributed by atoms with van der Waals surface area (Å²) in [5.41, 5.74) is -0.596. The molecule has 1 aromatic heterocycles. The number of aliphatic hydroxyl groups is 1. The largest absolute Gasteiger partial charge is 0.394 e. The van der Waals surface area contributed by atoms with E-state index in [4.69, 9.17) is 0 Å². The van der Waals surface area contributed by atoms with E-state index in [1.54, 1.807) is 6.07 Å². The number of aliphatic hydroxyl groups excluding tert-OH is 1. The molecule has 0 aromatic carbocycles. The molecule has 0 aliphatic rings. The van der Waals surface area contributed by atoms with Gasteiger partial charge in [0.05, 0.1) is 23.6 Å². The second kappa shape index (κ2) is 7.40. The second-order valence-electron chi connectivity index (χ2n) is 4.79. The first-order valence-electron chi connectivity index (χ1n) is 6.73. The van der Waals surface area contributed by atoms with E-state index in [1.165, 1.54) is 11.3 Å². The molecular formula is C14H22N2O3S. The summed E-state index contributed by atoms with van der Waals surface area (Å²) in [5, 5.41) is 14.8. The van der Waals surface area contributed by atoms with Crippen molar-refractivity contribution in [3.05, 3.63) is 21.9 Å². The van der Waals surface area contributed by atoms with Crippen LogP contribution in [-0.4, -0.2) is 35.6 Å². The van der Waals surface area contributed by atoms with Gasteiger partial charge in [-0.05, 0) is 31.9 Å². The summed E-state index contributed by atoms with van der Waals surface area (Å²) in [7, 11) is 0. The van der Waals surface area contributed by atoms with E-state index in [2.05, 4.69) is 10.6 Å². The molecule has 2 amide bonds. The fourth-order valence-electron chi connectivity index (χ4n) is 1.83. The molecule has 0 aliphatic carbocycles. The van der Waals surface area contributed by atoms with Crippen molar-refractivity contribution >= 4 is 23.2 Å². The zero-order valence-electron chi connectivity index (χ0n) is 12.2. The third-order valence-electron chi connectivity index (χ3n) is 3.43. The second-order valence-corrected chi connectivity index (χ2v) is 6.07. The van der Waals surface area contributed by atoms with Crippen LogP contribution in [0.15, 0.2) is 12.1 Å². The van der Waals surface area contributed by atoms with Gasteiger partial charge in [0.2, 0.25) is 5.91 Å². The first kappa shape index (κ1) is 16.7. The summed E-state index contributed by atoms with van der Waals surface area (Å²) >= 11 is 1.39. The molecule has 1 rings (SSSR count). The van der Waals surface area contributed by atoms with Gasteiger partial charge < -0.3 is 15.7 Å². The summed E-state index contributed by atoms with van der Waals surface area (Å²) in [5.74, 6) is -0.537. The van der Waals surface area contributed by atoms with E-state index >= 15 is 0 Å². The minimum Gasteiger partial charge on any atom is -0.394 e. The third kappa shape index (κ3) is 4.31. The van der Waals surface area contributed by atoms with Crippen LogP contribution < -0.4 is 10.6 Å². The maximum Gasteiger partial charge on any atom is 0.261 e. The topological polar surface area (TPSA) is 78.4 Å². The zero-order chi connectivity index (χ0) is 15.2. The van der Waals surface area contributed by atoms with E-state index in [9.17, 15) is 14.7 Å². The predicted molar refractivity (Wildman–Crippen MR) is 79.9 cm³/mol. The number of nitrogens with one attached hydrogen (secondary N) is 2. The minimum absolute atomic E-state index is 0.0858. The van der Waals surface area contributed by atoms with Crippen LogP contribution in [0.5, 0.6) is 0 Å². The first-order chi connectivity index (χ1) is 9.46. The van der Waals surface area contributed by atoms with Crippen molar-refractivity contribution in [2.45, 2.75) is 39.2 Å². The van der Waals surface area contributed by atoms with Gasteiger partial charge in [0.25, 0.3) is 5.91 Å². The van der Waals surface area contributed by atoms with Crippen molar-refractivity contribution in [1.82, 2.24) is 10.6 Å². The number of hydrogen-bond donors (Lipinski definition) is 3. The van der Waals surface area contributed by atoms with Gasteiger partial charge in [-0.2, -0.15) is 0 Å². The van der Waals surface area contributed by atoms with Crippen molar-refractivity contribution in [3.8, 4) is 0 Å².